The number of alkyl halides is 3. The van der Waals surface area contributed by atoms with Crippen LogP contribution >= 0.6 is 0 Å². The summed E-state index contributed by atoms with van der Waals surface area (Å²) in [5.74, 6) is 0.569. The maximum atomic E-state index is 13.1. The van der Waals surface area contributed by atoms with E-state index in [1.165, 1.54) is 19.1 Å². The molecule has 0 radical (unpaired) electrons. The van der Waals surface area contributed by atoms with Crippen LogP contribution in [0.1, 0.15) is 22.3 Å². The highest BCUT2D eigenvalue weighted by molar-refractivity contribution is 5.63. The van der Waals surface area contributed by atoms with E-state index in [4.69, 9.17) is 9.47 Å². The molecule has 0 fully saturated rings. The first-order chi connectivity index (χ1) is 15.9. The van der Waals surface area contributed by atoms with Crippen LogP contribution in [0, 0.1) is 6.92 Å². The Hall–Kier alpha value is -3.87. The molecule has 1 heterocycles. The molecule has 0 N–H and O–H groups in total. The maximum absolute atomic E-state index is 13.1. The smallest absolute Gasteiger partial charge is 0.416 e. The largest absolute Gasteiger partial charge is 0.483 e. The van der Waals surface area contributed by atoms with Crippen molar-refractivity contribution in [2.45, 2.75) is 26.3 Å². The summed E-state index contributed by atoms with van der Waals surface area (Å²) in [5, 5.41) is 8.34. The van der Waals surface area contributed by atoms with Gasteiger partial charge in [-0.2, -0.15) is 13.2 Å². The first kappa shape index (κ1) is 22.3. The lowest BCUT2D eigenvalue weighted by Crippen LogP contribution is -2.07. The SMILES string of the molecule is Cc1cc(-c2cc(OCc3ccccc3)c(OCc3ccccc3)nn2)ccc1C(F)(F)F. The number of aryl methyl sites for hydroxylation is 1. The molecule has 0 atom stereocenters. The van der Waals surface area contributed by atoms with Gasteiger partial charge in [-0.15, -0.1) is 10.2 Å². The lowest BCUT2D eigenvalue weighted by Gasteiger charge is -2.14. The van der Waals surface area contributed by atoms with E-state index in [1.54, 1.807) is 6.07 Å². The molecule has 0 aliphatic rings. The second-order valence-electron chi connectivity index (χ2n) is 7.47. The number of hydrogen-bond acceptors (Lipinski definition) is 4. The van der Waals surface area contributed by atoms with Gasteiger partial charge in [-0.1, -0.05) is 66.7 Å². The van der Waals surface area contributed by atoms with Gasteiger partial charge in [0.2, 0.25) is 0 Å². The van der Waals surface area contributed by atoms with Crippen molar-refractivity contribution < 1.29 is 22.6 Å². The third kappa shape index (κ3) is 5.68. The number of halogens is 3. The van der Waals surface area contributed by atoms with Crippen LogP contribution in [-0.2, 0) is 19.4 Å². The van der Waals surface area contributed by atoms with E-state index >= 15 is 0 Å². The van der Waals surface area contributed by atoms with Gasteiger partial charge >= 0.3 is 6.18 Å². The normalized spacial score (nSPS) is 11.3. The number of aromatic nitrogens is 2. The predicted molar refractivity (Wildman–Crippen MR) is 119 cm³/mol. The minimum Gasteiger partial charge on any atom is -0.483 e. The van der Waals surface area contributed by atoms with Gasteiger partial charge in [0.1, 0.15) is 13.2 Å². The van der Waals surface area contributed by atoms with Crippen LogP contribution < -0.4 is 9.47 Å². The van der Waals surface area contributed by atoms with Crippen LogP contribution in [0.5, 0.6) is 11.6 Å². The number of hydrogen-bond donors (Lipinski definition) is 0. The summed E-state index contributed by atoms with van der Waals surface area (Å²) in [5.41, 5.74) is 2.24. The zero-order valence-electron chi connectivity index (χ0n) is 17.8. The standard InChI is InChI=1S/C26H21F3N2O2/c1-18-14-21(12-13-22(18)26(27,28)29)23-15-24(32-16-19-8-4-2-5-9-19)25(31-30-23)33-17-20-10-6-3-7-11-20/h2-15H,16-17H2,1H3. The molecule has 0 saturated carbocycles. The molecule has 0 spiro atoms. The van der Waals surface area contributed by atoms with Crippen LogP contribution in [-0.4, -0.2) is 10.2 Å². The predicted octanol–water partition coefficient (Wildman–Crippen LogP) is 6.63. The Morgan fingerprint density at radius 3 is 1.91 bits per heavy atom. The van der Waals surface area contributed by atoms with E-state index in [0.29, 0.717) is 17.0 Å². The molecule has 168 valence electrons. The van der Waals surface area contributed by atoms with E-state index < -0.39 is 11.7 Å². The number of benzene rings is 3. The lowest BCUT2D eigenvalue weighted by molar-refractivity contribution is -0.138. The van der Waals surface area contributed by atoms with Crippen LogP contribution in [0.3, 0.4) is 0 Å². The summed E-state index contributed by atoms with van der Waals surface area (Å²) >= 11 is 0. The zero-order valence-corrected chi connectivity index (χ0v) is 17.8. The van der Waals surface area contributed by atoms with E-state index in [-0.39, 0.29) is 24.7 Å². The quantitative estimate of drug-likeness (QED) is 0.317. The summed E-state index contributed by atoms with van der Waals surface area (Å²) in [4.78, 5) is 0. The third-order valence-electron chi connectivity index (χ3n) is 5.01. The van der Waals surface area contributed by atoms with Crippen LogP contribution in [0.15, 0.2) is 84.9 Å². The molecule has 0 aliphatic heterocycles. The van der Waals surface area contributed by atoms with Crippen molar-refractivity contribution in [3.63, 3.8) is 0 Å². The van der Waals surface area contributed by atoms with Gasteiger partial charge in [0.25, 0.3) is 5.88 Å². The molecule has 0 aliphatic carbocycles. The Kier molecular flexibility index (Phi) is 6.58. The van der Waals surface area contributed by atoms with Crippen LogP contribution in [0.4, 0.5) is 13.2 Å². The monoisotopic (exact) mass is 450 g/mol. The van der Waals surface area contributed by atoms with Gasteiger partial charge in [-0.05, 0) is 35.7 Å². The van der Waals surface area contributed by atoms with E-state index in [0.717, 1.165) is 17.2 Å². The van der Waals surface area contributed by atoms with Gasteiger partial charge in [0.05, 0.1) is 11.3 Å². The molecule has 0 bridgehead atoms. The van der Waals surface area contributed by atoms with Crippen molar-refractivity contribution in [3.8, 4) is 22.9 Å². The molecule has 7 heteroatoms. The van der Waals surface area contributed by atoms with E-state index in [1.807, 2.05) is 60.7 Å². The minimum atomic E-state index is -4.41. The fourth-order valence-corrected chi connectivity index (χ4v) is 3.31. The highest BCUT2D eigenvalue weighted by atomic mass is 19.4. The molecule has 4 rings (SSSR count). The van der Waals surface area contributed by atoms with Crippen molar-refractivity contribution in [2.24, 2.45) is 0 Å². The van der Waals surface area contributed by atoms with Gasteiger partial charge in [-0.25, -0.2) is 0 Å². The Labute approximate surface area is 189 Å². The molecule has 0 saturated heterocycles. The Morgan fingerprint density at radius 1 is 0.727 bits per heavy atom. The Balaban J connectivity index is 1.62. The maximum Gasteiger partial charge on any atom is 0.416 e. The molecule has 0 amide bonds. The summed E-state index contributed by atoms with van der Waals surface area (Å²) < 4.78 is 51.2. The second-order valence-corrected chi connectivity index (χ2v) is 7.47. The van der Waals surface area contributed by atoms with Crippen LogP contribution in [0.25, 0.3) is 11.3 Å². The van der Waals surface area contributed by atoms with Crippen molar-refractivity contribution >= 4 is 0 Å². The molecular weight excluding hydrogens is 429 g/mol. The Bertz CT molecular complexity index is 1210. The van der Waals surface area contributed by atoms with Crippen molar-refractivity contribution in [2.75, 3.05) is 0 Å². The first-order valence-electron chi connectivity index (χ1n) is 10.3. The fraction of sp³-hybridized carbons (Fsp3) is 0.154. The lowest BCUT2D eigenvalue weighted by atomic mass is 10.0. The highest BCUT2D eigenvalue weighted by Crippen LogP contribution is 2.35. The fourth-order valence-electron chi connectivity index (χ4n) is 3.31. The van der Waals surface area contributed by atoms with E-state index in [9.17, 15) is 13.2 Å². The van der Waals surface area contributed by atoms with Crippen molar-refractivity contribution in [1.29, 1.82) is 0 Å². The van der Waals surface area contributed by atoms with Gasteiger partial charge in [-0.3, -0.25) is 0 Å². The second kappa shape index (κ2) is 9.73. The van der Waals surface area contributed by atoms with Gasteiger partial charge in [0.15, 0.2) is 5.75 Å². The number of rotatable bonds is 7. The zero-order chi connectivity index (χ0) is 23.3. The average Bonchev–Trinajstić information content (AvgIpc) is 2.82. The molecule has 4 nitrogen and oxygen atoms in total. The molecule has 33 heavy (non-hydrogen) atoms. The summed E-state index contributed by atoms with van der Waals surface area (Å²) in [7, 11) is 0. The molecule has 1 aromatic heterocycles. The van der Waals surface area contributed by atoms with Gasteiger partial charge < -0.3 is 9.47 Å². The van der Waals surface area contributed by atoms with Crippen molar-refractivity contribution in [1.82, 2.24) is 10.2 Å². The average molecular weight is 450 g/mol. The molecule has 3 aromatic carbocycles. The Morgan fingerprint density at radius 2 is 1.33 bits per heavy atom. The summed E-state index contributed by atoms with van der Waals surface area (Å²) in [6.07, 6.45) is -4.41. The molecule has 4 aromatic rings. The first-order valence-corrected chi connectivity index (χ1v) is 10.3. The topological polar surface area (TPSA) is 44.2 Å². The van der Waals surface area contributed by atoms with Crippen molar-refractivity contribution in [3.05, 3.63) is 107 Å². The van der Waals surface area contributed by atoms with E-state index in [2.05, 4.69) is 10.2 Å². The summed E-state index contributed by atoms with van der Waals surface area (Å²) in [6.45, 7) is 1.97. The highest BCUT2D eigenvalue weighted by Gasteiger charge is 2.32. The minimum absolute atomic E-state index is 0.109. The molecule has 0 unspecified atom stereocenters. The number of ether oxygens (including phenoxy) is 2. The number of nitrogens with zero attached hydrogens (tertiary/aromatic N) is 2. The molecular formula is C26H21F3N2O2. The third-order valence-corrected chi connectivity index (χ3v) is 5.01. The van der Waals surface area contributed by atoms with Crippen LogP contribution in [0.2, 0.25) is 0 Å². The van der Waals surface area contributed by atoms with Gasteiger partial charge in [0, 0.05) is 11.6 Å². The summed E-state index contributed by atoms with van der Waals surface area (Å²) in [6, 6.07) is 24.7.